The molecule has 0 unspecified atom stereocenters. The number of rotatable bonds is 4. The summed E-state index contributed by atoms with van der Waals surface area (Å²) >= 11 is 0. The topological polar surface area (TPSA) is 64.3 Å². The maximum absolute atomic E-state index is 12.4. The number of ether oxygens (including phenoxy) is 1. The number of hydrogen-bond acceptors (Lipinski definition) is 4. The Morgan fingerprint density at radius 1 is 1.00 bits per heavy atom. The summed E-state index contributed by atoms with van der Waals surface area (Å²) in [6.45, 7) is 0.197. The minimum Gasteiger partial charge on any atom is -0.503 e. The highest BCUT2D eigenvalue weighted by Gasteiger charge is 2.13. The zero-order chi connectivity index (χ0) is 15.4. The zero-order valence-corrected chi connectivity index (χ0v) is 11.7. The molecule has 22 heavy (non-hydrogen) atoms. The molecular formula is C17H14N2O3. The third-order valence-corrected chi connectivity index (χ3v) is 3.14. The molecule has 0 bridgehead atoms. The van der Waals surface area contributed by atoms with Crippen molar-refractivity contribution in [3.05, 3.63) is 82.8 Å². The lowest BCUT2D eigenvalue weighted by atomic mass is 10.2. The predicted molar refractivity (Wildman–Crippen MR) is 82.3 cm³/mol. The molecule has 0 saturated heterocycles. The molecular weight excluding hydrogens is 280 g/mol. The van der Waals surface area contributed by atoms with Gasteiger partial charge in [-0.15, -0.1) is 0 Å². The van der Waals surface area contributed by atoms with Gasteiger partial charge in [-0.1, -0.05) is 48.5 Å². The van der Waals surface area contributed by atoms with Crippen molar-refractivity contribution in [3.63, 3.8) is 0 Å². The Morgan fingerprint density at radius 3 is 2.32 bits per heavy atom. The van der Waals surface area contributed by atoms with E-state index < -0.39 is 5.56 Å². The van der Waals surface area contributed by atoms with Crippen LogP contribution in [-0.2, 0) is 6.61 Å². The molecule has 0 radical (unpaired) electrons. The van der Waals surface area contributed by atoms with Gasteiger partial charge in [-0.3, -0.25) is 4.79 Å². The van der Waals surface area contributed by atoms with E-state index in [2.05, 4.69) is 5.10 Å². The second kappa shape index (κ2) is 6.13. The van der Waals surface area contributed by atoms with E-state index in [-0.39, 0.29) is 18.1 Å². The van der Waals surface area contributed by atoms with E-state index in [4.69, 9.17) is 4.74 Å². The monoisotopic (exact) mass is 294 g/mol. The lowest BCUT2D eigenvalue weighted by Gasteiger charge is -2.10. The van der Waals surface area contributed by atoms with E-state index >= 15 is 0 Å². The van der Waals surface area contributed by atoms with E-state index in [0.717, 1.165) is 5.56 Å². The molecule has 0 aliphatic carbocycles. The van der Waals surface area contributed by atoms with Gasteiger partial charge in [0, 0.05) is 0 Å². The maximum atomic E-state index is 12.4. The first-order chi connectivity index (χ1) is 10.8. The summed E-state index contributed by atoms with van der Waals surface area (Å²) in [5.41, 5.74) is 1.02. The standard InChI is InChI=1S/C17H14N2O3/c20-15-11-18-19(14-9-5-2-6-10-14)17(21)16(15)22-12-13-7-3-1-4-8-13/h1-11,20H,12H2. The Kier molecular flexibility index (Phi) is 3.87. The van der Waals surface area contributed by atoms with Crippen LogP contribution in [0.15, 0.2) is 71.7 Å². The van der Waals surface area contributed by atoms with Crippen molar-refractivity contribution in [2.75, 3.05) is 0 Å². The fraction of sp³-hybridized carbons (Fsp3) is 0.0588. The van der Waals surface area contributed by atoms with Crippen LogP contribution in [0.3, 0.4) is 0 Å². The van der Waals surface area contributed by atoms with Gasteiger partial charge in [-0.05, 0) is 17.7 Å². The number of hydrogen-bond donors (Lipinski definition) is 1. The molecule has 1 heterocycles. The highest BCUT2D eigenvalue weighted by molar-refractivity contribution is 5.38. The molecule has 0 aliphatic rings. The van der Waals surface area contributed by atoms with Gasteiger partial charge in [0.15, 0.2) is 5.75 Å². The molecule has 0 saturated carbocycles. The van der Waals surface area contributed by atoms with Crippen LogP contribution < -0.4 is 10.3 Å². The molecule has 3 rings (SSSR count). The fourth-order valence-corrected chi connectivity index (χ4v) is 2.05. The first kappa shape index (κ1) is 13.9. The first-order valence-electron chi connectivity index (χ1n) is 6.79. The molecule has 5 nitrogen and oxygen atoms in total. The second-order valence-electron chi connectivity index (χ2n) is 4.69. The average Bonchev–Trinajstić information content (AvgIpc) is 2.56. The molecule has 0 amide bonds. The van der Waals surface area contributed by atoms with E-state index in [9.17, 15) is 9.90 Å². The van der Waals surface area contributed by atoms with Crippen LogP contribution in [0.5, 0.6) is 11.5 Å². The minimum absolute atomic E-state index is 0.109. The van der Waals surface area contributed by atoms with Crippen LogP contribution in [0.1, 0.15) is 5.56 Å². The van der Waals surface area contributed by atoms with Gasteiger partial charge < -0.3 is 9.84 Å². The largest absolute Gasteiger partial charge is 0.503 e. The van der Waals surface area contributed by atoms with Crippen LogP contribution in [0, 0.1) is 0 Å². The molecule has 5 heteroatoms. The van der Waals surface area contributed by atoms with Crippen LogP contribution in [0.25, 0.3) is 5.69 Å². The Balaban J connectivity index is 1.93. The molecule has 2 aromatic carbocycles. The van der Waals surface area contributed by atoms with Crippen molar-refractivity contribution in [1.82, 2.24) is 9.78 Å². The summed E-state index contributed by atoms with van der Waals surface area (Å²) in [6, 6.07) is 18.4. The van der Waals surface area contributed by atoms with Crippen molar-refractivity contribution in [1.29, 1.82) is 0 Å². The van der Waals surface area contributed by atoms with Crippen LogP contribution in [0.2, 0.25) is 0 Å². The van der Waals surface area contributed by atoms with Crippen molar-refractivity contribution in [2.45, 2.75) is 6.61 Å². The van der Waals surface area contributed by atoms with Gasteiger partial charge >= 0.3 is 5.56 Å². The number of nitrogens with zero attached hydrogens (tertiary/aromatic N) is 2. The summed E-state index contributed by atoms with van der Waals surface area (Å²) in [6.07, 6.45) is 1.20. The van der Waals surface area contributed by atoms with Gasteiger partial charge in [0.1, 0.15) is 6.61 Å². The molecule has 110 valence electrons. The molecule has 1 N–H and O–H groups in total. The SMILES string of the molecule is O=c1c(OCc2ccccc2)c(O)cnn1-c1ccccc1. The molecule has 0 atom stereocenters. The average molecular weight is 294 g/mol. The summed E-state index contributed by atoms with van der Waals surface area (Å²) in [5.74, 6) is -0.379. The third-order valence-electron chi connectivity index (χ3n) is 3.14. The molecule has 0 aliphatic heterocycles. The van der Waals surface area contributed by atoms with Crippen molar-refractivity contribution in [3.8, 4) is 17.2 Å². The zero-order valence-electron chi connectivity index (χ0n) is 11.7. The van der Waals surface area contributed by atoms with Gasteiger partial charge in [0.05, 0.1) is 11.9 Å². The summed E-state index contributed by atoms with van der Waals surface area (Å²) in [5, 5.41) is 13.8. The van der Waals surface area contributed by atoms with Gasteiger partial charge in [-0.25, -0.2) is 0 Å². The van der Waals surface area contributed by atoms with E-state index in [1.807, 2.05) is 36.4 Å². The van der Waals surface area contributed by atoms with Gasteiger partial charge in [0.25, 0.3) is 0 Å². The van der Waals surface area contributed by atoms with Gasteiger partial charge in [0.2, 0.25) is 5.75 Å². The fourth-order valence-electron chi connectivity index (χ4n) is 2.05. The van der Waals surface area contributed by atoms with Crippen LogP contribution >= 0.6 is 0 Å². The quantitative estimate of drug-likeness (QED) is 0.803. The van der Waals surface area contributed by atoms with Crippen molar-refractivity contribution in [2.24, 2.45) is 0 Å². The molecule has 0 fully saturated rings. The van der Waals surface area contributed by atoms with E-state index in [1.54, 1.807) is 24.3 Å². The maximum Gasteiger partial charge on any atom is 0.317 e. The third kappa shape index (κ3) is 2.83. The van der Waals surface area contributed by atoms with E-state index in [0.29, 0.717) is 5.69 Å². The lowest BCUT2D eigenvalue weighted by Crippen LogP contribution is -2.22. The first-order valence-corrected chi connectivity index (χ1v) is 6.79. The summed E-state index contributed by atoms with van der Waals surface area (Å²) < 4.78 is 6.69. The molecule has 1 aromatic heterocycles. The van der Waals surface area contributed by atoms with E-state index in [1.165, 1.54) is 10.9 Å². The Bertz CT molecular complexity index is 814. The minimum atomic E-state index is -0.498. The van der Waals surface area contributed by atoms with Crippen molar-refractivity contribution < 1.29 is 9.84 Å². The predicted octanol–water partition coefficient (Wildman–Crippen LogP) is 2.52. The Hall–Kier alpha value is -3.08. The molecule has 3 aromatic rings. The Labute approximate surface area is 127 Å². The smallest absolute Gasteiger partial charge is 0.317 e. The number of para-hydroxylation sites is 1. The van der Waals surface area contributed by atoms with Crippen LogP contribution in [-0.4, -0.2) is 14.9 Å². The number of benzene rings is 2. The normalized spacial score (nSPS) is 10.4. The summed E-state index contributed by atoms with van der Waals surface area (Å²) in [7, 11) is 0. The molecule has 0 spiro atoms. The van der Waals surface area contributed by atoms with Gasteiger partial charge in [-0.2, -0.15) is 9.78 Å². The highest BCUT2D eigenvalue weighted by atomic mass is 16.5. The summed E-state index contributed by atoms with van der Waals surface area (Å²) in [4.78, 5) is 12.4. The van der Waals surface area contributed by atoms with Crippen LogP contribution in [0.4, 0.5) is 0 Å². The lowest BCUT2D eigenvalue weighted by molar-refractivity contribution is 0.281. The Morgan fingerprint density at radius 2 is 1.64 bits per heavy atom. The number of aromatic hydroxyl groups is 1. The van der Waals surface area contributed by atoms with Crippen molar-refractivity contribution >= 4 is 0 Å². The number of aromatic nitrogens is 2. The second-order valence-corrected chi connectivity index (χ2v) is 4.69. The highest BCUT2D eigenvalue weighted by Crippen LogP contribution is 2.21.